The SMILES string of the molecule is COCCNC(=S)Nc1ccc(Sc2ccc(C)cc2C)cc1. The summed E-state index contributed by atoms with van der Waals surface area (Å²) >= 11 is 7.01. The van der Waals surface area contributed by atoms with E-state index in [1.165, 1.54) is 20.9 Å². The van der Waals surface area contributed by atoms with E-state index < -0.39 is 0 Å². The molecule has 0 aliphatic rings. The van der Waals surface area contributed by atoms with Crippen molar-refractivity contribution in [3.05, 3.63) is 53.6 Å². The van der Waals surface area contributed by atoms with Crippen LogP contribution in [0.5, 0.6) is 0 Å². The number of hydrogen-bond donors (Lipinski definition) is 2. The van der Waals surface area contributed by atoms with Gasteiger partial charge in [0.05, 0.1) is 6.61 Å². The summed E-state index contributed by atoms with van der Waals surface area (Å²) in [6, 6.07) is 14.8. The molecule has 0 unspecified atom stereocenters. The molecule has 0 spiro atoms. The van der Waals surface area contributed by atoms with Crippen molar-refractivity contribution in [3.8, 4) is 0 Å². The number of hydrogen-bond acceptors (Lipinski definition) is 3. The van der Waals surface area contributed by atoms with Crippen LogP contribution in [0.25, 0.3) is 0 Å². The Morgan fingerprint density at radius 2 is 1.87 bits per heavy atom. The lowest BCUT2D eigenvalue weighted by atomic mass is 10.2. The third-order valence-electron chi connectivity index (χ3n) is 3.26. The quantitative estimate of drug-likeness (QED) is 0.599. The molecule has 0 aliphatic carbocycles. The lowest BCUT2D eigenvalue weighted by Crippen LogP contribution is -2.31. The molecule has 2 aromatic carbocycles. The highest BCUT2D eigenvalue weighted by Crippen LogP contribution is 2.31. The van der Waals surface area contributed by atoms with Crippen LogP contribution >= 0.6 is 24.0 Å². The summed E-state index contributed by atoms with van der Waals surface area (Å²) in [6.07, 6.45) is 0. The van der Waals surface area contributed by atoms with E-state index in [1.54, 1.807) is 18.9 Å². The third-order valence-corrected chi connectivity index (χ3v) is 4.69. The summed E-state index contributed by atoms with van der Waals surface area (Å²) in [5.41, 5.74) is 3.58. The fourth-order valence-electron chi connectivity index (χ4n) is 2.09. The zero-order valence-corrected chi connectivity index (χ0v) is 15.3. The molecule has 3 nitrogen and oxygen atoms in total. The number of rotatable bonds is 6. The van der Waals surface area contributed by atoms with Gasteiger partial charge in [-0.05, 0) is 62.0 Å². The smallest absolute Gasteiger partial charge is 0.170 e. The van der Waals surface area contributed by atoms with E-state index in [0.717, 1.165) is 5.69 Å². The van der Waals surface area contributed by atoms with E-state index in [0.29, 0.717) is 18.3 Å². The molecule has 0 saturated heterocycles. The topological polar surface area (TPSA) is 33.3 Å². The van der Waals surface area contributed by atoms with E-state index in [1.807, 2.05) is 12.1 Å². The van der Waals surface area contributed by atoms with Gasteiger partial charge in [-0.15, -0.1) is 0 Å². The standard InChI is InChI=1S/C18H22N2OS2/c1-13-4-9-17(14(2)12-13)23-16-7-5-15(6-8-16)20-18(22)19-10-11-21-3/h4-9,12H,10-11H2,1-3H3,(H2,19,20,22). The van der Waals surface area contributed by atoms with Crippen LogP contribution < -0.4 is 10.6 Å². The average Bonchev–Trinajstić information content (AvgIpc) is 2.52. The van der Waals surface area contributed by atoms with Gasteiger partial charge < -0.3 is 15.4 Å². The van der Waals surface area contributed by atoms with Gasteiger partial charge in [0.15, 0.2) is 5.11 Å². The molecule has 0 amide bonds. The normalized spacial score (nSPS) is 10.4. The van der Waals surface area contributed by atoms with E-state index >= 15 is 0 Å². The Morgan fingerprint density at radius 1 is 1.13 bits per heavy atom. The molecule has 0 aromatic heterocycles. The molecule has 0 heterocycles. The molecule has 5 heteroatoms. The molecule has 0 bridgehead atoms. The highest BCUT2D eigenvalue weighted by molar-refractivity contribution is 7.99. The minimum atomic E-state index is 0.608. The maximum Gasteiger partial charge on any atom is 0.170 e. The molecular formula is C18H22N2OS2. The molecule has 0 saturated carbocycles. The maximum atomic E-state index is 5.23. The minimum Gasteiger partial charge on any atom is -0.383 e. The molecule has 2 aromatic rings. The van der Waals surface area contributed by atoms with E-state index in [-0.39, 0.29) is 0 Å². The zero-order chi connectivity index (χ0) is 16.7. The maximum absolute atomic E-state index is 5.23. The summed E-state index contributed by atoms with van der Waals surface area (Å²) < 4.78 is 4.98. The molecule has 23 heavy (non-hydrogen) atoms. The van der Waals surface area contributed by atoms with Crippen molar-refractivity contribution in [2.75, 3.05) is 25.6 Å². The Balaban J connectivity index is 1.92. The van der Waals surface area contributed by atoms with Gasteiger partial charge in [-0.2, -0.15) is 0 Å². The van der Waals surface area contributed by atoms with Crippen LogP contribution in [0.15, 0.2) is 52.3 Å². The van der Waals surface area contributed by atoms with Crippen LogP contribution in [0.1, 0.15) is 11.1 Å². The second-order valence-electron chi connectivity index (χ2n) is 5.27. The van der Waals surface area contributed by atoms with Crippen LogP contribution in [-0.4, -0.2) is 25.4 Å². The lowest BCUT2D eigenvalue weighted by Gasteiger charge is -2.11. The molecule has 0 aliphatic heterocycles. The van der Waals surface area contributed by atoms with E-state index in [2.05, 4.69) is 54.8 Å². The van der Waals surface area contributed by atoms with Gasteiger partial charge in [-0.3, -0.25) is 0 Å². The second kappa shape index (κ2) is 8.91. The van der Waals surface area contributed by atoms with Gasteiger partial charge >= 0.3 is 0 Å². The number of thiocarbonyl (C=S) groups is 1. The second-order valence-corrected chi connectivity index (χ2v) is 6.79. The van der Waals surface area contributed by atoms with Crippen LogP contribution in [-0.2, 0) is 4.74 Å². The minimum absolute atomic E-state index is 0.608. The highest BCUT2D eigenvalue weighted by Gasteiger charge is 2.03. The number of benzene rings is 2. The predicted octanol–water partition coefficient (Wildman–Crippen LogP) is 4.39. The summed E-state index contributed by atoms with van der Waals surface area (Å²) in [6.45, 7) is 5.59. The number of nitrogens with one attached hydrogen (secondary N) is 2. The Bertz CT molecular complexity index is 657. The van der Waals surface area contributed by atoms with Crippen LogP contribution in [0, 0.1) is 13.8 Å². The van der Waals surface area contributed by atoms with Crippen molar-refractivity contribution in [3.63, 3.8) is 0 Å². The van der Waals surface area contributed by atoms with Crippen LogP contribution in [0.4, 0.5) is 5.69 Å². The number of ether oxygens (including phenoxy) is 1. The molecule has 122 valence electrons. The van der Waals surface area contributed by atoms with Crippen molar-refractivity contribution < 1.29 is 4.74 Å². The summed E-state index contributed by atoms with van der Waals surface area (Å²) in [5, 5.41) is 6.86. The number of anilines is 1. The van der Waals surface area contributed by atoms with Gasteiger partial charge in [0, 0.05) is 29.1 Å². The Kier molecular flexibility index (Phi) is 6.89. The molecular weight excluding hydrogens is 324 g/mol. The number of aryl methyl sites for hydroxylation is 2. The first-order valence-corrected chi connectivity index (χ1v) is 8.70. The Labute approximate surface area is 147 Å². The number of methoxy groups -OCH3 is 1. The van der Waals surface area contributed by atoms with E-state index in [9.17, 15) is 0 Å². The predicted molar refractivity (Wildman–Crippen MR) is 103 cm³/mol. The summed E-state index contributed by atoms with van der Waals surface area (Å²) in [4.78, 5) is 2.49. The average molecular weight is 347 g/mol. The first kappa shape index (κ1) is 17.8. The Hall–Kier alpha value is -1.56. The first-order valence-electron chi connectivity index (χ1n) is 7.47. The van der Waals surface area contributed by atoms with Crippen molar-refractivity contribution in [1.29, 1.82) is 0 Å². The van der Waals surface area contributed by atoms with Gasteiger partial charge in [0.25, 0.3) is 0 Å². The van der Waals surface area contributed by atoms with Crippen LogP contribution in [0.2, 0.25) is 0 Å². The van der Waals surface area contributed by atoms with Gasteiger partial charge in [-0.25, -0.2) is 0 Å². The summed E-state index contributed by atoms with van der Waals surface area (Å²) in [5.74, 6) is 0. The fraction of sp³-hybridized carbons (Fsp3) is 0.278. The van der Waals surface area contributed by atoms with Crippen molar-refractivity contribution in [2.45, 2.75) is 23.6 Å². The highest BCUT2D eigenvalue weighted by atomic mass is 32.2. The lowest BCUT2D eigenvalue weighted by molar-refractivity contribution is 0.204. The molecule has 2 rings (SSSR count). The molecule has 0 atom stereocenters. The molecule has 0 radical (unpaired) electrons. The van der Waals surface area contributed by atoms with Gasteiger partial charge in [-0.1, -0.05) is 29.5 Å². The largest absolute Gasteiger partial charge is 0.383 e. The Morgan fingerprint density at radius 3 is 2.52 bits per heavy atom. The first-order chi connectivity index (χ1) is 11.1. The third kappa shape index (κ3) is 5.86. The fourth-order valence-corrected chi connectivity index (χ4v) is 3.19. The molecule has 2 N–H and O–H groups in total. The van der Waals surface area contributed by atoms with Gasteiger partial charge in [0.2, 0.25) is 0 Å². The van der Waals surface area contributed by atoms with E-state index in [4.69, 9.17) is 17.0 Å². The van der Waals surface area contributed by atoms with Crippen LogP contribution in [0.3, 0.4) is 0 Å². The molecule has 0 fully saturated rings. The van der Waals surface area contributed by atoms with Crippen molar-refractivity contribution in [2.24, 2.45) is 0 Å². The summed E-state index contributed by atoms with van der Waals surface area (Å²) in [7, 11) is 1.67. The zero-order valence-electron chi connectivity index (χ0n) is 13.7. The van der Waals surface area contributed by atoms with Crippen molar-refractivity contribution >= 4 is 34.8 Å². The van der Waals surface area contributed by atoms with Gasteiger partial charge in [0.1, 0.15) is 0 Å². The van der Waals surface area contributed by atoms with Crippen molar-refractivity contribution in [1.82, 2.24) is 5.32 Å². The monoisotopic (exact) mass is 346 g/mol.